The molecule has 0 saturated carbocycles. The molecule has 1 amide bonds. The first-order valence-corrected chi connectivity index (χ1v) is 11.1. The van der Waals surface area contributed by atoms with Crippen molar-refractivity contribution < 1.29 is 13.2 Å². The zero-order valence-corrected chi connectivity index (χ0v) is 16.1. The molecular formula is C21H24N2O3S. The van der Waals surface area contributed by atoms with Crippen molar-refractivity contribution in [3.05, 3.63) is 65.7 Å². The molecule has 0 spiro atoms. The molecule has 1 fully saturated rings. The van der Waals surface area contributed by atoms with Gasteiger partial charge in [-0.1, -0.05) is 42.5 Å². The van der Waals surface area contributed by atoms with E-state index in [1.165, 1.54) is 11.1 Å². The van der Waals surface area contributed by atoms with Gasteiger partial charge in [-0.05, 0) is 29.7 Å². The molecule has 0 radical (unpaired) electrons. The van der Waals surface area contributed by atoms with Crippen LogP contribution in [-0.4, -0.2) is 56.1 Å². The van der Waals surface area contributed by atoms with Gasteiger partial charge in [-0.3, -0.25) is 9.69 Å². The van der Waals surface area contributed by atoms with Gasteiger partial charge in [0.15, 0.2) is 9.84 Å². The summed E-state index contributed by atoms with van der Waals surface area (Å²) in [4.78, 5) is 17.3. The zero-order valence-electron chi connectivity index (χ0n) is 15.3. The van der Waals surface area contributed by atoms with Gasteiger partial charge < -0.3 is 4.90 Å². The number of sulfone groups is 1. The van der Waals surface area contributed by atoms with Crippen LogP contribution in [0.3, 0.4) is 0 Å². The maximum atomic E-state index is 12.7. The van der Waals surface area contributed by atoms with E-state index in [0.717, 1.165) is 19.5 Å². The molecule has 2 aliphatic heterocycles. The summed E-state index contributed by atoms with van der Waals surface area (Å²) >= 11 is 0. The van der Waals surface area contributed by atoms with E-state index in [1.807, 2.05) is 4.90 Å². The monoisotopic (exact) mass is 384 g/mol. The first-order valence-electron chi connectivity index (χ1n) is 9.42. The van der Waals surface area contributed by atoms with Gasteiger partial charge in [-0.15, -0.1) is 0 Å². The highest BCUT2D eigenvalue weighted by Gasteiger charge is 2.34. The molecule has 2 aromatic carbocycles. The lowest BCUT2D eigenvalue weighted by molar-refractivity contribution is -0.134. The Morgan fingerprint density at radius 3 is 2.52 bits per heavy atom. The van der Waals surface area contributed by atoms with Crippen LogP contribution in [0.4, 0.5) is 0 Å². The molecule has 0 N–H and O–H groups in total. The Kier molecular flexibility index (Phi) is 5.02. The van der Waals surface area contributed by atoms with E-state index in [-0.39, 0.29) is 29.0 Å². The fourth-order valence-corrected chi connectivity index (χ4v) is 5.34. The maximum Gasteiger partial charge on any atom is 0.223 e. The zero-order chi connectivity index (χ0) is 18.9. The van der Waals surface area contributed by atoms with Gasteiger partial charge in [-0.25, -0.2) is 8.42 Å². The molecule has 0 aromatic heterocycles. The van der Waals surface area contributed by atoms with Crippen molar-refractivity contribution in [1.82, 2.24) is 9.80 Å². The topological polar surface area (TPSA) is 57.7 Å². The third kappa shape index (κ3) is 3.77. The second kappa shape index (κ2) is 7.44. The van der Waals surface area contributed by atoms with Crippen LogP contribution >= 0.6 is 0 Å². The van der Waals surface area contributed by atoms with Crippen molar-refractivity contribution >= 4 is 15.7 Å². The average Bonchev–Trinajstić information content (AvgIpc) is 2.72. The summed E-state index contributed by atoms with van der Waals surface area (Å²) in [6.07, 6.45) is 1.08. The summed E-state index contributed by atoms with van der Waals surface area (Å²) in [5, 5.41) is 0. The lowest BCUT2D eigenvalue weighted by atomic mass is 9.91. The minimum absolute atomic E-state index is 0.0333. The van der Waals surface area contributed by atoms with Crippen molar-refractivity contribution in [2.75, 3.05) is 31.9 Å². The Morgan fingerprint density at radius 2 is 1.70 bits per heavy atom. The number of benzene rings is 2. The maximum absolute atomic E-state index is 12.7. The predicted molar refractivity (Wildman–Crippen MR) is 104 cm³/mol. The van der Waals surface area contributed by atoms with Gasteiger partial charge >= 0.3 is 0 Å². The molecular weight excluding hydrogens is 360 g/mol. The summed E-state index contributed by atoms with van der Waals surface area (Å²) in [7, 11) is -3.42. The molecule has 2 aromatic rings. The van der Waals surface area contributed by atoms with Gasteiger partial charge in [0.2, 0.25) is 5.91 Å². The Balaban J connectivity index is 1.42. The number of fused-ring (bicyclic) bond motifs is 3. The molecule has 27 heavy (non-hydrogen) atoms. The molecule has 1 atom stereocenters. The highest BCUT2D eigenvalue weighted by atomic mass is 32.2. The van der Waals surface area contributed by atoms with Crippen LogP contribution in [0.5, 0.6) is 0 Å². The van der Waals surface area contributed by atoms with Crippen molar-refractivity contribution in [3.8, 4) is 0 Å². The van der Waals surface area contributed by atoms with E-state index in [1.54, 1.807) is 30.3 Å². The lowest BCUT2D eigenvalue weighted by Gasteiger charge is -2.45. The minimum atomic E-state index is -3.42. The molecule has 0 aliphatic carbocycles. The number of hydrogen-bond donors (Lipinski definition) is 0. The third-order valence-electron chi connectivity index (χ3n) is 5.61. The summed E-state index contributed by atoms with van der Waals surface area (Å²) < 4.78 is 24.9. The van der Waals surface area contributed by atoms with Gasteiger partial charge in [0.1, 0.15) is 0 Å². The number of amides is 1. The van der Waals surface area contributed by atoms with Crippen molar-refractivity contribution in [2.24, 2.45) is 0 Å². The number of nitrogens with zero attached hydrogens (tertiary/aromatic N) is 2. The highest BCUT2D eigenvalue weighted by Crippen LogP contribution is 2.32. The highest BCUT2D eigenvalue weighted by molar-refractivity contribution is 7.91. The molecule has 6 heteroatoms. The SMILES string of the molecule is O=C(CCS(=O)(=O)c1ccccc1)N1CCN2CCc3ccccc3C2C1. The number of rotatable bonds is 4. The summed E-state index contributed by atoms with van der Waals surface area (Å²) in [5.41, 5.74) is 2.66. The Bertz CT molecular complexity index is 927. The number of carbonyl (C=O) groups excluding carboxylic acids is 1. The molecule has 2 heterocycles. The molecule has 4 rings (SSSR count). The van der Waals surface area contributed by atoms with Crippen LogP contribution in [0.2, 0.25) is 0 Å². The second-order valence-corrected chi connectivity index (χ2v) is 9.33. The number of piperazine rings is 1. The number of carbonyl (C=O) groups is 1. The van der Waals surface area contributed by atoms with Gasteiger partial charge in [0.05, 0.1) is 16.7 Å². The average molecular weight is 385 g/mol. The third-order valence-corrected chi connectivity index (χ3v) is 7.35. The van der Waals surface area contributed by atoms with Gasteiger partial charge in [0, 0.05) is 32.6 Å². The predicted octanol–water partition coefficient (Wildman–Crippen LogP) is 2.29. The van der Waals surface area contributed by atoms with E-state index in [2.05, 4.69) is 29.2 Å². The van der Waals surface area contributed by atoms with Crippen LogP contribution in [0.15, 0.2) is 59.5 Å². The van der Waals surface area contributed by atoms with Crippen LogP contribution in [0.25, 0.3) is 0 Å². The second-order valence-electron chi connectivity index (χ2n) is 7.22. The number of hydrogen-bond acceptors (Lipinski definition) is 4. The quantitative estimate of drug-likeness (QED) is 0.812. The normalized spacial score (nSPS) is 20.0. The first-order chi connectivity index (χ1) is 13.0. The molecule has 142 valence electrons. The smallest absolute Gasteiger partial charge is 0.223 e. The Labute approximate surface area is 160 Å². The fourth-order valence-electron chi connectivity index (χ4n) is 4.09. The van der Waals surface area contributed by atoms with Gasteiger partial charge in [-0.2, -0.15) is 0 Å². The molecule has 0 bridgehead atoms. The van der Waals surface area contributed by atoms with E-state index in [4.69, 9.17) is 0 Å². The van der Waals surface area contributed by atoms with E-state index in [0.29, 0.717) is 13.1 Å². The summed E-state index contributed by atoms with van der Waals surface area (Å²) in [6.45, 7) is 3.17. The van der Waals surface area contributed by atoms with Crippen LogP contribution in [-0.2, 0) is 21.1 Å². The molecule has 1 unspecified atom stereocenters. The molecule has 2 aliphatic rings. The van der Waals surface area contributed by atoms with E-state index in [9.17, 15) is 13.2 Å². The standard InChI is InChI=1S/C21H24N2O3S/c24-21(11-15-27(25,26)18-7-2-1-3-8-18)23-14-13-22-12-10-17-6-4-5-9-19(17)20(22)16-23/h1-9,20H,10-16H2. The minimum Gasteiger partial charge on any atom is -0.339 e. The van der Waals surface area contributed by atoms with Crippen LogP contribution < -0.4 is 0 Å². The summed E-state index contributed by atoms with van der Waals surface area (Å²) in [6, 6.07) is 17.0. The molecule has 5 nitrogen and oxygen atoms in total. The van der Waals surface area contributed by atoms with Crippen LogP contribution in [0, 0.1) is 0 Å². The van der Waals surface area contributed by atoms with E-state index >= 15 is 0 Å². The van der Waals surface area contributed by atoms with Crippen molar-refractivity contribution in [1.29, 1.82) is 0 Å². The Hall–Kier alpha value is -2.18. The van der Waals surface area contributed by atoms with Gasteiger partial charge in [0.25, 0.3) is 0 Å². The largest absolute Gasteiger partial charge is 0.339 e. The summed E-state index contributed by atoms with van der Waals surface area (Å²) in [5.74, 6) is -0.214. The molecule has 1 saturated heterocycles. The van der Waals surface area contributed by atoms with Crippen LogP contribution in [0.1, 0.15) is 23.6 Å². The van der Waals surface area contributed by atoms with E-state index < -0.39 is 9.84 Å². The Morgan fingerprint density at radius 1 is 0.963 bits per heavy atom. The van der Waals surface area contributed by atoms with Crippen molar-refractivity contribution in [2.45, 2.75) is 23.8 Å². The first kappa shape index (κ1) is 18.2. The fraction of sp³-hybridized carbons (Fsp3) is 0.381. The lowest BCUT2D eigenvalue weighted by Crippen LogP contribution is -2.52. The van der Waals surface area contributed by atoms with Crippen molar-refractivity contribution in [3.63, 3.8) is 0 Å².